The smallest absolute Gasteiger partial charge is 0.272 e. The maximum atomic E-state index is 13.0. The van der Waals surface area contributed by atoms with Crippen molar-refractivity contribution in [1.29, 1.82) is 0 Å². The van der Waals surface area contributed by atoms with Crippen molar-refractivity contribution in [2.75, 3.05) is 0 Å². The molecule has 1 N–H and O–H groups in total. The highest BCUT2D eigenvalue weighted by Gasteiger charge is 2.27. The monoisotopic (exact) mass is 426 g/mol. The second kappa shape index (κ2) is 8.07. The highest BCUT2D eigenvalue weighted by Crippen LogP contribution is 2.28. The summed E-state index contributed by atoms with van der Waals surface area (Å²) in [6, 6.07) is 14.1. The van der Waals surface area contributed by atoms with E-state index in [1.54, 1.807) is 6.20 Å². The van der Waals surface area contributed by atoms with Crippen molar-refractivity contribution < 1.29 is 4.79 Å². The number of carbonyl (C=O) groups excluding carboxylic acids is 1. The minimum Gasteiger partial charge on any atom is -0.346 e. The fraction of sp³-hybridized carbons (Fsp3) is 0.280. The summed E-state index contributed by atoms with van der Waals surface area (Å²) in [5, 5.41) is 12.2. The summed E-state index contributed by atoms with van der Waals surface area (Å²) in [6.07, 6.45) is 4.67. The maximum absolute atomic E-state index is 13.0. The van der Waals surface area contributed by atoms with Gasteiger partial charge in [-0.15, -0.1) is 0 Å². The summed E-state index contributed by atoms with van der Waals surface area (Å²) in [5.41, 5.74) is 7.86. The van der Waals surface area contributed by atoms with Crippen LogP contribution in [0.1, 0.15) is 50.7 Å². The molecule has 0 radical (unpaired) electrons. The van der Waals surface area contributed by atoms with E-state index in [4.69, 9.17) is 5.10 Å². The van der Waals surface area contributed by atoms with E-state index in [2.05, 4.69) is 34.5 Å². The van der Waals surface area contributed by atoms with Gasteiger partial charge >= 0.3 is 0 Å². The van der Waals surface area contributed by atoms with E-state index in [0.29, 0.717) is 12.2 Å². The lowest BCUT2D eigenvalue weighted by molar-refractivity contribution is 0.0944. The first kappa shape index (κ1) is 20.2. The molecule has 0 spiro atoms. The molecule has 0 saturated heterocycles. The molecule has 0 saturated carbocycles. The molecule has 1 aliphatic carbocycles. The first-order valence-electron chi connectivity index (χ1n) is 10.9. The highest BCUT2D eigenvalue weighted by molar-refractivity contribution is 5.94. The number of amides is 1. The molecule has 3 aromatic heterocycles. The number of nitrogens with zero attached hydrogens (tertiary/aromatic N) is 5. The van der Waals surface area contributed by atoms with Gasteiger partial charge in [0.2, 0.25) is 0 Å². The van der Waals surface area contributed by atoms with Crippen molar-refractivity contribution in [2.24, 2.45) is 0 Å². The lowest BCUT2D eigenvalue weighted by atomic mass is 10.1. The molecule has 0 unspecified atom stereocenters. The number of para-hydroxylation sites is 1. The fourth-order valence-electron chi connectivity index (χ4n) is 4.39. The number of pyridine rings is 1. The minimum absolute atomic E-state index is 0.141. The summed E-state index contributed by atoms with van der Waals surface area (Å²) in [4.78, 5) is 17.5. The Kier molecular flexibility index (Phi) is 5.09. The van der Waals surface area contributed by atoms with Crippen LogP contribution in [0.2, 0.25) is 0 Å². The van der Waals surface area contributed by atoms with Crippen molar-refractivity contribution in [3.8, 4) is 11.5 Å². The summed E-state index contributed by atoms with van der Waals surface area (Å²) in [7, 11) is 0. The highest BCUT2D eigenvalue weighted by atomic mass is 16.1. The zero-order valence-corrected chi connectivity index (χ0v) is 18.6. The first-order valence-corrected chi connectivity index (χ1v) is 10.9. The molecule has 1 amide bonds. The van der Waals surface area contributed by atoms with Crippen molar-refractivity contribution in [3.63, 3.8) is 0 Å². The second-order valence-electron chi connectivity index (χ2n) is 8.37. The topological polar surface area (TPSA) is 77.6 Å². The van der Waals surface area contributed by atoms with E-state index in [1.807, 2.05) is 53.5 Å². The molecule has 3 heterocycles. The SMILES string of the molecule is Cc1cc(C)n(-c2ccc(CNC(=O)c3nn(-c4ccccc4C)c4c3CCC4)cn2)n1. The molecule has 0 aliphatic heterocycles. The van der Waals surface area contributed by atoms with Crippen LogP contribution in [0.25, 0.3) is 11.5 Å². The van der Waals surface area contributed by atoms with Gasteiger partial charge < -0.3 is 5.32 Å². The van der Waals surface area contributed by atoms with Gasteiger partial charge in [0.25, 0.3) is 5.91 Å². The van der Waals surface area contributed by atoms with E-state index >= 15 is 0 Å². The minimum atomic E-state index is -0.141. The van der Waals surface area contributed by atoms with E-state index in [1.165, 1.54) is 0 Å². The summed E-state index contributed by atoms with van der Waals surface area (Å²) < 4.78 is 3.77. The predicted octanol–water partition coefficient (Wildman–Crippen LogP) is 3.80. The Morgan fingerprint density at radius 3 is 2.59 bits per heavy atom. The van der Waals surface area contributed by atoms with Crippen LogP contribution in [0, 0.1) is 20.8 Å². The quantitative estimate of drug-likeness (QED) is 0.527. The van der Waals surface area contributed by atoms with Gasteiger partial charge in [0.05, 0.1) is 11.4 Å². The van der Waals surface area contributed by atoms with E-state index in [-0.39, 0.29) is 5.91 Å². The molecular formula is C25H26N6O. The first-order chi connectivity index (χ1) is 15.5. The second-order valence-corrected chi connectivity index (χ2v) is 8.37. The van der Waals surface area contributed by atoms with E-state index < -0.39 is 0 Å². The molecule has 0 atom stereocenters. The Bertz CT molecular complexity index is 1300. The molecule has 162 valence electrons. The predicted molar refractivity (Wildman–Crippen MR) is 122 cm³/mol. The Hall–Kier alpha value is -3.74. The lowest BCUT2D eigenvalue weighted by Crippen LogP contribution is -2.24. The largest absolute Gasteiger partial charge is 0.346 e. The number of carbonyl (C=O) groups is 1. The maximum Gasteiger partial charge on any atom is 0.272 e. The van der Waals surface area contributed by atoms with Gasteiger partial charge in [0.1, 0.15) is 0 Å². The number of fused-ring (bicyclic) bond motifs is 1. The molecule has 0 fully saturated rings. The van der Waals surface area contributed by atoms with Gasteiger partial charge in [-0.3, -0.25) is 4.79 Å². The standard InChI is InChI=1S/C25H26N6O/c1-16-7-4-5-9-21(16)31-22-10-6-8-20(22)24(29-31)25(32)27-15-19-11-12-23(26-14-19)30-18(3)13-17(2)28-30/h4-5,7,9,11-14H,6,8,10,15H2,1-3H3,(H,27,32). The van der Waals surface area contributed by atoms with Crippen LogP contribution in [0.5, 0.6) is 0 Å². The summed E-state index contributed by atoms with van der Waals surface area (Å²) >= 11 is 0. The van der Waals surface area contributed by atoms with Crippen LogP contribution in [0.3, 0.4) is 0 Å². The van der Waals surface area contributed by atoms with Crippen LogP contribution >= 0.6 is 0 Å². The number of aromatic nitrogens is 5. The van der Waals surface area contributed by atoms with Crippen LogP contribution in [0.4, 0.5) is 0 Å². The van der Waals surface area contributed by atoms with E-state index in [0.717, 1.165) is 64.5 Å². The number of benzene rings is 1. The van der Waals surface area contributed by atoms with Crippen LogP contribution in [-0.2, 0) is 19.4 Å². The van der Waals surface area contributed by atoms with Crippen molar-refractivity contribution >= 4 is 5.91 Å². The van der Waals surface area contributed by atoms with Gasteiger partial charge in [-0.05, 0) is 69.4 Å². The number of hydrogen-bond donors (Lipinski definition) is 1. The zero-order chi connectivity index (χ0) is 22.2. The number of aryl methyl sites for hydroxylation is 3. The molecule has 5 rings (SSSR count). The zero-order valence-electron chi connectivity index (χ0n) is 18.6. The Balaban J connectivity index is 1.33. The van der Waals surface area contributed by atoms with Gasteiger partial charge in [-0.2, -0.15) is 10.2 Å². The van der Waals surface area contributed by atoms with Gasteiger partial charge in [-0.25, -0.2) is 14.3 Å². The third kappa shape index (κ3) is 3.60. The summed E-state index contributed by atoms with van der Waals surface area (Å²) in [5.74, 6) is 0.624. The van der Waals surface area contributed by atoms with Crippen molar-refractivity contribution in [1.82, 2.24) is 29.9 Å². The molecule has 32 heavy (non-hydrogen) atoms. The molecule has 0 bridgehead atoms. The number of hydrogen-bond acceptors (Lipinski definition) is 4. The molecule has 7 heteroatoms. The van der Waals surface area contributed by atoms with Crippen molar-refractivity contribution in [3.05, 3.63) is 88.1 Å². The van der Waals surface area contributed by atoms with E-state index in [9.17, 15) is 4.79 Å². The normalized spacial score (nSPS) is 12.7. The third-order valence-corrected chi connectivity index (χ3v) is 5.98. The fourth-order valence-corrected chi connectivity index (χ4v) is 4.39. The van der Waals surface area contributed by atoms with Gasteiger partial charge in [-0.1, -0.05) is 24.3 Å². The van der Waals surface area contributed by atoms with Gasteiger partial charge in [0, 0.05) is 29.7 Å². The average Bonchev–Trinajstić information content (AvgIpc) is 3.48. The molecule has 1 aromatic carbocycles. The Morgan fingerprint density at radius 1 is 1.03 bits per heavy atom. The molecular weight excluding hydrogens is 400 g/mol. The average molecular weight is 427 g/mol. The van der Waals surface area contributed by atoms with Crippen LogP contribution < -0.4 is 5.32 Å². The molecule has 1 aliphatic rings. The molecule has 7 nitrogen and oxygen atoms in total. The lowest BCUT2D eigenvalue weighted by Gasteiger charge is -2.08. The van der Waals surface area contributed by atoms with Crippen LogP contribution in [-0.4, -0.2) is 30.5 Å². The Labute approximate surface area is 187 Å². The number of rotatable bonds is 5. The Morgan fingerprint density at radius 2 is 1.88 bits per heavy atom. The van der Waals surface area contributed by atoms with Gasteiger partial charge in [0.15, 0.2) is 11.5 Å². The van der Waals surface area contributed by atoms with Crippen LogP contribution in [0.15, 0.2) is 48.7 Å². The third-order valence-electron chi connectivity index (χ3n) is 5.98. The van der Waals surface area contributed by atoms with Crippen molar-refractivity contribution in [2.45, 2.75) is 46.6 Å². The number of nitrogens with one attached hydrogen (secondary N) is 1. The summed E-state index contributed by atoms with van der Waals surface area (Å²) in [6.45, 7) is 6.44. The molecule has 4 aromatic rings.